The van der Waals surface area contributed by atoms with Gasteiger partial charge < -0.3 is 4.74 Å². The van der Waals surface area contributed by atoms with Crippen LogP contribution in [0.2, 0.25) is 0 Å². The third-order valence-electron chi connectivity index (χ3n) is 2.99. The zero-order valence-electron chi connectivity index (χ0n) is 12.2. The molecule has 0 aromatic heterocycles. The lowest BCUT2D eigenvalue weighted by Gasteiger charge is -2.09. The molecule has 21 heavy (non-hydrogen) atoms. The van der Waals surface area contributed by atoms with Gasteiger partial charge >= 0.3 is 0 Å². The molecule has 2 aromatic rings. The van der Waals surface area contributed by atoms with Crippen LogP contribution < -0.4 is 4.72 Å². The maximum absolute atomic E-state index is 12.2. The van der Waals surface area contributed by atoms with Gasteiger partial charge in [-0.15, -0.1) is 0 Å². The minimum atomic E-state index is -3.42. The van der Waals surface area contributed by atoms with E-state index >= 15 is 0 Å². The predicted molar refractivity (Wildman–Crippen MR) is 84.6 cm³/mol. The molecule has 0 spiro atoms. The highest BCUT2D eigenvalue weighted by Crippen LogP contribution is 2.15. The van der Waals surface area contributed by atoms with Gasteiger partial charge in [0.25, 0.3) is 0 Å². The number of sulfonamides is 1. The highest BCUT2D eigenvalue weighted by atomic mass is 32.2. The van der Waals surface area contributed by atoms with Gasteiger partial charge in [0.1, 0.15) is 0 Å². The molecule has 0 amide bonds. The summed E-state index contributed by atoms with van der Waals surface area (Å²) in [4.78, 5) is 0. The van der Waals surface area contributed by atoms with Crippen LogP contribution in [0.4, 0.5) is 5.69 Å². The van der Waals surface area contributed by atoms with Gasteiger partial charge in [0.2, 0.25) is 10.0 Å². The predicted octanol–water partition coefficient (Wildman–Crippen LogP) is 3.08. The summed E-state index contributed by atoms with van der Waals surface area (Å²) in [5.74, 6) is -0.0399. The number of benzene rings is 2. The lowest BCUT2D eigenvalue weighted by Crippen LogP contribution is -2.15. The van der Waals surface area contributed by atoms with Gasteiger partial charge in [-0.05, 0) is 30.2 Å². The van der Waals surface area contributed by atoms with Crippen molar-refractivity contribution in [3.05, 3.63) is 65.2 Å². The summed E-state index contributed by atoms with van der Waals surface area (Å²) in [6.45, 7) is 2.42. The van der Waals surface area contributed by atoms with E-state index in [-0.39, 0.29) is 5.75 Å². The first kappa shape index (κ1) is 15.5. The molecule has 0 aliphatic heterocycles. The van der Waals surface area contributed by atoms with Crippen LogP contribution >= 0.6 is 0 Å². The highest BCUT2D eigenvalue weighted by Gasteiger charge is 2.12. The summed E-state index contributed by atoms with van der Waals surface area (Å²) < 4.78 is 32.0. The van der Waals surface area contributed by atoms with Crippen molar-refractivity contribution >= 4 is 15.7 Å². The monoisotopic (exact) mass is 305 g/mol. The van der Waals surface area contributed by atoms with Crippen molar-refractivity contribution in [2.24, 2.45) is 0 Å². The average Bonchev–Trinajstić information content (AvgIpc) is 2.41. The maximum atomic E-state index is 12.2. The first-order valence-corrected chi connectivity index (χ1v) is 8.28. The van der Waals surface area contributed by atoms with Gasteiger partial charge in [-0.3, -0.25) is 4.72 Å². The highest BCUT2D eigenvalue weighted by molar-refractivity contribution is 7.91. The second-order valence-electron chi connectivity index (χ2n) is 4.98. The van der Waals surface area contributed by atoms with Crippen molar-refractivity contribution in [3.8, 4) is 0 Å². The van der Waals surface area contributed by atoms with Crippen LogP contribution in [0.1, 0.15) is 16.7 Å². The molecule has 0 aliphatic carbocycles. The molecule has 0 bridgehead atoms. The van der Waals surface area contributed by atoms with Crippen LogP contribution in [0.5, 0.6) is 0 Å². The fourth-order valence-corrected chi connectivity index (χ4v) is 3.20. The molecule has 1 N–H and O–H groups in total. The Bertz CT molecular complexity index is 694. The van der Waals surface area contributed by atoms with Crippen molar-refractivity contribution < 1.29 is 13.2 Å². The van der Waals surface area contributed by atoms with Crippen molar-refractivity contribution in [1.29, 1.82) is 0 Å². The van der Waals surface area contributed by atoms with E-state index in [1.54, 1.807) is 25.3 Å². The lowest BCUT2D eigenvalue weighted by atomic mass is 10.2. The number of nitrogens with one attached hydrogen (secondary N) is 1. The second kappa shape index (κ2) is 6.74. The van der Waals surface area contributed by atoms with E-state index in [4.69, 9.17) is 4.74 Å². The number of hydrogen-bond acceptors (Lipinski definition) is 3. The Labute approximate surface area is 125 Å². The van der Waals surface area contributed by atoms with Crippen LogP contribution in [0.3, 0.4) is 0 Å². The first-order valence-electron chi connectivity index (χ1n) is 6.62. The molecule has 2 aromatic carbocycles. The van der Waals surface area contributed by atoms with Gasteiger partial charge in [-0.25, -0.2) is 8.42 Å². The summed E-state index contributed by atoms with van der Waals surface area (Å²) in [5.41, 5.74) is 3.35. The Hall–Kier alpha value is -1.85. The van der Waals surface area contributed by atoms with Crippen molar-refractivity contribution in [2.75, 3.05) is 11.8 Å². The van der Waals surface area contributed by atoms with Crippen LogP contribution in [0.25, 0.3) is 0 Å². The molecule has 0 aliphatic rings. The lowest BCUT2D eigenvalue weighted by molar-refractivity contribution is 0.185. The Balaban J connectivity index is 2.10. The molecule has 0 saturated heterocycles. The van der Waals surface area contributed by atoms with E-state index < -0.39 is 10.0 Å². The molecule has 112 valence electrons. The van der Waals surface area contributed by atoms with E-state index in [0.29, 0.717) is 12.3 Å². The van der Waals surface area contributed by atoms with Crippen molar-refractivity contribution in [2.45, 2.75) is 19.3 Å². The smallest absolute Gasteiger partial charge is 0.236 e. The summed E-state index contributed by atoms with van der Waals surface area (Å²) in [7, 11) is -1.82. The van der Waals surface area contributed by atoms with Gasteiger partial charge in [0.15, 0.2) is 0 Å². The van der Waals surface area contributed by atoms with Gasteiger partial charge in [-0.2, -0.15) is 0 Å². The topological polar surface area (TPSA) is 55.4 Å². The van der Waals surface area contributed by atoms with Gasteiger partial charge in [0.05, 0.1) is 12.4 Å². The normalized spacial score (nSPS) is 11.3. The number of hydrogen-bond donors (Lipinski definition) is 1. The molecule has 0 fully saturated rings. The molecule has 2 rings (SSSR count). The number of rotatable bonds is 6. The minimum Gasteiger partial charge on any atom is -0.380 e. The third kappa shape index (κ3) is 4.88. The zero-order chi connectivity index (χ0) is 15.3. The minimum absolute atomic E-state index is 0.0399. The molecule has 0 radical (unpaired) electrons. The van der Waals surface area contributed by atoms with Crippen molar-refractivity contribution in [3.63, 3.8) is 0 Å². The van der Waals surface area contributed by atoms with Crippen LogP contribution in [-0.4, -0.2) is 15.5 Å². The van der Waals surface area contributed by atoms with Crippen molar-refractivity contribution in [1.82, 2.24) is 0 Å². The van der Waals surface area contributed by atoms with Crippen LogP contribution in [0, 0.1) is 6.92 Å². The molecule has 4 nitrogen and oxygen atoms in total. The first-order chi connectivity index (χ1) is 9.98. The fourth-order valence-electron chi connectivity index (χ4n) is 2.01. The Morgan fingerprint density at radius 3 is 2.43 bits per heavy atom. The molecular weight excluding hydrogens is 286 g/mol. The van der Waals surface area contributed by atoms with Crippen LogP contribution in [-0.2, 0) is 27.1 Å². The maximum Gasteiger partial charge on any atom is 0.236 e. The van der Waals surface area contributed by atoms with Crippen LogP contribution in [0.15, 0.2) is 48.5 Å². The number of methoxy groups -OCH3 is 1. The van der Waals surface area contributed by atoms with E-state index in [1.807, 2.05) is 37.3 Å². The molecular formula is C16H19NO3S. The summed E-state index contributed by atoms with van der Waals surface area (Å²) in [5, 5.41) is 0. The van der Waals surface area contributed by atoms with Gasteiger partial charge in [-0.1, -0.05) is 42.0 Å². The summed E-state index contributed by atoms with van der Waals surface area (Å²) in [6, 6.07) is 14.7. The molecule has 0 unspecified atom stereocenters. The Morgan fingerprint density at radius 1 is 1.05 bits per heavy atom. The zero-order valence-corrected chi connectivity index (χ0v) is 13.0. The number of aryl methyl sites for hydroxylation is 1. The largest absolute Gasteiger partial charge is 0.380 e. The fraction of sp³-hybridized carbons (Fsp3) is 0.250. The SMILES string of the molecule is COCc1cccc(NS(=O)(=O)Cc2ccc(C)cc2)c1. The quantitative estimate of drug-likeness (QED) is 0.892. The number of anilines is 1. The molecule has 0 heterocycles. The Kier molecular flexibility index (Phi) is 4.98. The second-order valence-corrected chi connectivity index (χ2v) is 6.70. The van der Waals surface area contributed by atoms with E-state index in [9.17, 15) is 8.42 Å². The van der Waals surface area contributed by atoms with E-state index in [0.717, 1.165) is 16.7 Å². The Morgan fingerprint density at radius 2 is 1.76 bits per heavy atom. The average molecular weight is 305 g/mol. The summed E-state index contributed by atoms with van der Waals surface area (Å²) >= 11 is 0. The van der Waals surface area contributed by atoms with E-state index in [2.05, 4.69) is 4.72 Å². The molecule has 0 atom stereocenters. The molecule has 5 heteroatoms. The van der Waals surface area contributed by atoms with Gasteiger partial charge in [0, 0.05) is 12.8 Å². The third-order valence-corrected chi connectivity index (χ3v) is 4.25. The standard InChI is InChI=1S/C16H19NO3S/c1-13-6-8-14(9-7-13)12-21(18,19)17-16-5-3-4-15(10-16)11-20-2/h3-10,17H,11-12H2,1-2H3. The molecule has 0 saturated carbocycles. The summed E-state index contributed by atoms with van der Waals surface area (Å²) in [6.07, 6.45) is 0. The van der Waals surface area contributed by atoms with E-state index in [1.165, 1.54) is 0 Å². The number of ether oxygens (including phenoxy) is 1.